The quantitative estimate of drug-likeness (QED) is 0.232. The van der Waals surface area contributed by atoms with Crippen molar-refractivity contribution in [1.82, 2.24) is 0 Å². The average molecular weight is 492 g/mol. The number of carbonyl (C=O) groups excluding carboxylic acids is 2. The van der Waals surface area contributed by atoms with E-state index in [-0.39, 0.29) is 11.3 Å². The lowest BCUT2D eigenvalue weighted by Gasteiger charge is -2.26. The van der Waals surface area contributed by atoms with E-state index in [1.54, 1.807) is 42.5 Å². The third-order valence-corrected chi connectivity index (χ3v) is 5.95. The Balaban J connectivity index is 1.87. The fraction of sp³-hybridized carbons (Fsp3) is 0.214. The van der Waals surface area contributed by atoms with Gasteiger partial charge in [-0.3, -0.25) is 14.5 Å². The lowest BCUT2D eigenvalue weighted by Crippen LogP contribution is -2.29. The maximum Gasteiger partial charge on any atom is 0.300 e. The van der Waals surface area contributed by atoms with Gasteiger partial charge in [0.15, 0.2) is 0 Å². The first-order valence-electron chi connectivity index (χ1n) is 11.5. The Morgan fingerprint density at radius 3 is 2.46 bits per heavy atom. The second-order valence-electron chi connectivity index (χ2n) is 8.00. The van der Waals surface area contributed by atoms with Gasteiger partial charge in [-0.1, -0.05) is 54.9 Å². The molecule has 1 heterocycles. The lowest BCUT2D eigenvalue weighted by molar-refractivity contribution is -0.132. The number of hydrogen-bond donors (Lipinski definition) is 1. The molecule has 4 rings (SSSR count). The molecule has 3 aromatic carbocycles. The van der Waals surface area contributed by atoms with Gasteiger partial charge in [-0.05, 0) is 49.2 Å². The van der Waals surface area contributed by atoms with Gasteiger partial charge in [0, 0.05) is 17.3 Å². The molecular weight excluding hydrogens is 466 g/mol. The number of halogens is 1. The van der Waals surface area contributed by atoms with Crippen LogP contribution in [-0.2, 0) is 9.59 Å². The van der Waals surface area contributed by atoms with Gasteiger partial charge < -0.3 is 14.6 Å². The Labute approximate surface area is 209 Å². The van der Waals surface area contributed by atoms with Crippen molar-refractivity contribution in [3.05, 3.63) is 94.5 Å². The largest absolute Gasteiger partial charge is 0.507 e. The Kier molecular flexibility index (Phi) is 7.42. The molecule has 7 heteroatoms. The van der Waals surface area contributed by atoms with Crippen LogP contribution in [0.4, 0.5) is 5.69 Å². The second-order valence-corrected chi connectivity index (χ2v) is 8.41. The summed E-state index contributed by atoms with van der Waals surface area (Å²) in [5.74, 6) is -0.825. The number of rotatable bonds is 8. The van der Waals surface area contributed by atoms with Crippen LogP contribution in [-0.4, -0.2) is 30.0 Å². The molecule has 0 spiro atoms. The van der Waals surface area contributed by atoms with Gasteiger partial charge >= 0.3 is 0 Å². The number of hydrogen-bond acceptors (Lipinski definition) is 5. The van der Waals surface area contributed by atoms with E-state index in [1.807, 2.05) is 44.2 Å². The summed E-state index contributed by atoms with van der Waals surface area (Å²) in [6.45, 7) is 4.74. The third kappa shape index (κ3) is 4.88. The molecule has 3 aromatic rings. The van der Waals surface area contributed by atoms with Crippen LogP contribution in [0.1, 0.15) is 37.4 Å². The van der Waals surface area contributed by atoms with Gasteiger partial charge in [0.2, 0.25) is 0 Å². The third-order valence-electron chi connectivity index (χ3n) is 5.63. The first-order chi connectivity index (χ1) is 17.0. The zero-order chi connectivity index (χ0) is 24.9. The smallest absolute Gasteiger partial charge is 0.300 e. The number of aliphatic hydroxyl groups is 1. The Hall–Kier alpha value is -3.77. The highest BCUT2D eigenvalue weighted by atomic mass is 35.5. The highest BCUT2D eigenvalue weighted by Crippen LogP contribution is 2.43. The van der Waals surface area contributed by atoms with E-state index in [1.165, 1.54) is 4.90 Å². The Morgan fingerprint density at radius 2 is 1.74 bits per heavy atom. The monoisotopic (exact) mass is 491 g/mol. The van der Waals surface area contributed by atoms with Crippen molar-refractivity contribution < 1.29 is 24.2 Å². The number of nitrogens with zero attached hydrogens (tertiary/aromatic N) is 1. The predicted molar refractivity (Wildman–Crippen MR) is 136 cm³/mol. The predicted octanol–water partition coefficient (Wildman–Crippen LogP) is 6.15. The molecule has 1 saturated heterocycles. The molecule has 1 aliphatic heterocycles. The fourth-order valence-electron chi connectivity index (χ4n) is 4.06. The van der Waals surface area contributed by atoms with Crippen molar-refractivity contribution in [1.29, 1.82) is 0 Å². The molecule has 1 N–H and O–H groups in total. The molecule has 180 valence electrons. The van der Waals surface area contributed by atoms with Crippen molar-refractivity contribution in [2.24, 2.45) is 0 Å². The number of benzene rings is 3. The molecule has 1 aliphatic rings. The number of ketones is 1. The number of carbonyl (C=O) groups is 2. The summed E-state index contributed by atoms with van der Waals surface area (Å²) in [5, 5.41) is 11.7. The molecule has 35 heavy (non-hydrogen) atoms. The van der Waals surface area contributed by atoms with Crippen LogP contribution in [0.3, 0.4) is 0 Å². The van der Waals surface area contributed by atoms with Crippen LogP contribution in [0, 0.1) is 0 Å². The van der Waals surface area contributed by atoms with Gasteiger partial charge in [-0.15, -0.1) is 0 Å². The number of ether oxygens (including phenoxy) is 2. The maximum absolute atomic E-state index is 13.3. The molecule has 0 bridgehead atoms. The van der Waals surface area contributed by atoms with Gasteiger partial charge in [0.1, 0.15) is 17.3 Å². The van der Waals surface area contributed by atoms with Crippen molar-refractivity contribution in [3.63, 3.8) is 0 Å². The minimum absolute atomic E-state index is 0.00847. The number of anilines is 1. The van der Waals surface area contributed by atoms with Crippen molar-refractivity contribution >= 4 is 34.7 Å². The van der Waals surface area contributed by atoms with Gasteiger partial charge in [-0.2, -0.15) is 0 Å². The number of Topliss-reactive ketones (excluding diaryl/α,β-unsaturated/α-hetero) is 1. The summed E-state index contributed by atoms with van der Waals surface area (Å²) in [7, 11) is 0. The summed E-state index contributed by atoms with van der Waals surface area (Å²) in [6.07, 6.45) is 0.837. The van der Waals surface area contributed by atoms with Crippen LogP contribution in [0.2, 0.25) is 5.02 Å². The standard InChI is InChI=1S/C28H26ClNO5/c1-3-15-35-21-12-8-11-20(17-21)30-25(18-9-6-5-7-10-18)24(27(32)28(30)33)26(31)19-13-14-22(29)23(16-19)34-4-2/h5-14,16-17,25,31H,3-4,15H2,1-2H3/b26-24+. The summed E-state index contributed by atoms with van der Waals surface area (Å²) in [5.41, 5.74) is 1.51. The Morgan fingerprint density at radius 1 is 0.971 bits per heavy atom. The van der Waals surface area contributed by atoms with Crippen LogP contribution in [0.5, 0.6) is 11.5 Å². The average Bonchev–Trinajstić information content (AvgIpc) is 3.14. The van der Waals surface area contributed by atoms with Crippen molar-refractivity contribution in [3.8, 4) is 11.5 Å². The van der Waals surface area contributed by atoms with Crippen molar-refractivity contribution in [2.75, 3.05) is 18.1 Å². The van der Waals surface area contributed by atoms with Gasteiger partial charge in [-0.25, -0.2) is 0 Å². The van der Waals surface area contributed by atoms with E-state index < -0.39 is 17.7 Å². The summed E-state index contributed by atoms with van der Waals surface area (Å²) in [6, 6.07) is 20.1. The molecule has 1 fully saturated rings. The van der Waals surface area contributed by atoms with Crippen LogP contribution in [0.15, 0.2) is 78.4 Å². The second kappa shape index (κ2) is 10.7. The normalized spacial score (nSPS) is 17.0. The van der Waals surface area contributed by atoms with E-state index in [2.05, 4.69) is 0 Å². The van der Waals surface area contributed by atoms with E-state index >= 15 is 0 Å². The van der Waals surface area contributed by atoms with Crippen LogP contribution >= 0.6 is 11.6 Å². The fourth-order valence-corrected chi connectivity index (χ4v) is 4.24. The molecule has 0 aromatic heterocycles. The first-order valence-corrected chi connectivity index (χ1v) is 11.9. The lowest BCUT2D eigenvalue weighted by atomic mass is 9.95. The molecule has 0 radical (unpaired) electrons. The van der Waals surface area contributed by atoms with E-state index in [0.717, 1.165) is 6.42 Å². The van der Waals surface area contributed by atoms with E-state index in [9.17, 15) is 14.7 Å². The summed E-state index contributed by atoms with van der Waals surface area (Å²) < 4.78 is 11.3. The summed E-state index contributed by atoms with van der Waals surface area (Å²) in [4.78, 5) is 28.1. The highest BCUT2D eigenvalue weighted by molar-refractivity contribution is 6.51. The maximum atomic E-state index is 13.3. The SMILES string of the molecule is CCCOc1cccc(N2C(=O)C(=O)/C(=C(/O)c3ccc(Cl)c(OCC)c3)C2c2ccccc2)c1. The van der Waals surface area contributed by atoms with E-state index in [4.69, 9.17) is 21.1 Å². The minimum atomic E-state index is -0.830. The molecular formula is C28H26ClNO5. The molecule has 1 atom stereocenters. The molecule has 1 unspecified atom stereocenters. The molecule has 0 aliphatic carbocycles. The summed E-state index contributed by atoms with van der Waals surface area (Å²) >= 11 is 6.21. The van der Waals surface area contributed by atoms with Crippen LogP contribution in [0.25, 0.3) is 5.76 Å². The number of aliphatic hydroxyl groups excluding tert-OH is 1. The highest BCUT2D eigenvalue weighted by Gasteiger charge is 2.47. The minimum Gasteiger partial charge on any atom is -0.507 e. The number of amides is 1. The van der Waals surface area contributed by atoms with Gasteiger partial charge in [0.05, 0.1) is 29.9 Å². The zero-order valence-corrected chi connectivity index (χ0v) is 20.3. The Bertz CT molecular complexity index is 1270. The zero-order valence-electron chi connectivity index (χ0n) is 19.5. The van der Waals surface area contributed by atoms with Gasteiger partial charge in [0.25, 0.3) is 11.7 Å². The van der Waals surface area contributed by atoms with Crippen LogP contribution < -0.4 is 14.4 Å². The first kappa shape index (κ1) is 24.4. The van der Waals surface area contributed by atoms with Crippen molar-refractivity contribution in [2.45, 2.75) is 26.3 Å². The topological polar surface area (TPSA) is 76.1 Å². The molecule has 6 nitrogen and oxygen atoms in total. The molecule has 1 amide bonds. The van der Waals surface area contributed by atoms with E-state index in [0.29, 0.717) is 46.5 Å². The molecule has 0 saturated carbocycles.